The quantitative estimate of drug-likeness (QED) is 0.607. The van der Waals surface area contributed by atoms with E-state index in [0.29, 0.717) is 4.68 Å². The molecule has 3 aromatic rings. The first-order chi connectivity index (χ1) is 23.6. The number of primary amides is 1. The van der Waals surface area contributed by atoms with Gasteiger partial charge >= 0.3 is 0 Å². The molecule has 2 N–H and O–H groups in total. The first-order valence-electron chi connectivity index (χ1n) is 18.4. The number of piperidine rings is 1. The van der Waals surface area contributed by atoms with Gasteiger partial charge in [-0.1, -0.05) is 0 Å². The third-order valence-corrected chi connectivity index (χ3v) is 4.76. The van der Waals surface area contributed by atoms with Crippen LogP contribution in [0.4, 0.5) is 11.4 Å². The molecule has 174 valence electrons. The van der Waals surface area contributed by atoms with E-state index >= 15 is 0 Å². The van der Waals surface area contributed by atoms with Gasteiger partial charge in [0, 0.05) is 50.0 Å². The minimum absolute atomic E-state index is 0.0225. The number of aromatic nitrogens is 2. The third kappa shape index (κ3) is 3.68. The van der Waals surface area contributed by atoms with Gasteiger partial charge < -0.3 is 20.3 Å². The van der Waals surface area contributed by atoms with Crippen LogP contribution in [0.15, 0.2) is 48.4 Å². The normalized spacial score (nSPS) is 32.4. The van der Waals surface area contributed by atoms with Crippen molar-refractivity contribution in [1.29, 1.82) is 0 Å². The lowest BCUT2D eigenvalue weighted by atomic mass is 10.0. The van der Waals surface area contributed by atoms with Crippen molar-refractivity contribution in [3.8, 4) is 11.4 Å². The second kappa shape index (κ2) is 8.66. The van der Waals surface area contributed by atoms with Crippen molar-refractivity contribution in [3.05, 3.63) is 65.4 Å². The molecule has 34 heavy (non-hydrogen) atoms. The predicted molar refractivity (Wildman–Crippen MR) is 127 cm³/mol. The maximum Gasteiger partial charge on any atom is 0.277 e. The molecule has 0 aliphatic carbocycles. The Balaban J connectivity index is 1.75. The number of benzene rings is 2. The smallest absolute Gasteiger partial charge is 0.277 e. The molecule has 5 rings (SSSR count). The van der Waals surface area contributed by atoms with Gasteiger partial charge in [-0.2, -0.15) is 5.10 Å². The number of amides is 3. The van der Waals surface area contributed by atoms with Crippen molar-refractivity contribution in [3.63, 3.8) is 0 Å². The molecule has 9 heteroatoms. The number of rotatable bonds is 5. The van der Waals surface area contributed by atoms with Crippen molar-refractivity contribution >= 4 is 29.1 Å². The summed E-state index contributed by atoms with van der Waals surface area (Å²) in [6, 6.07) is -0.0608. The Morgan fingerprint density at radius 3 is 2.41 bits per heavy atom. The molecule has 2 aliphatic heterocycles. The zero-order chi connectivity index (χ0) is 39.6. The van der Waals surface area contributed by atoms with Crippen LogP contribution >= 0.6 is 0 Å². The highest BCUT2D eigenvalue weighted by Crippen LogP contribution is 2.31. The minimum Gasteiger partial charge on any atom is -0.497 e. The van der Waals surface area contributed by atoms with Crippen LogP contribution < -0.4 is 20.3 Å². The average Bonchev–Trinajstić information content (AvgIpc) is 3.44. The van der Waals surface area contributed by atoms with Crippen molar-refractivity contribution in [2.75, 3.05) is 29.9 Å². The predicted octanol–water partition coefficient (Wildman–Crippen LogP) is 2.70. The number of carbonyl (C=O) groups is 3. The molecular formula is C25H25N5O4. The minimum atomic E-state index is -3.65. The van der Waals surface area contributed by atoms with Crippen molar-refractivity contribution in [2.24, 2.45) is 5.72 Å². The Kier molecular flexibility index (Phi) is 2.36. The monoisotopic (exact) mass is 477 g/mol. The standard InChI is InChI=1S/C25H25N5O4/c1-34-19-11-9-18(10-12-19)30-23-20(22(27-30)24(26)32)13-15-29(25(23)33)17-7-5-16(6-8-17)28-14-3-2-4-21(28)31/h5-12H,2-4,13-15H2,1H3,(H2,26,32)/i2D2,3D2,4D2,9D,10D,11D,12D,13D2,14D2,15D2/hD2. The zero-order valence-electron chi connectivity index (χ0n) is 35.2. The number of hydrogen-bond acceptors (Lipinski definition) is 5. The Bertz CT molecular complexity index is 2020. The lowest BCUT2D eigenvalue weighted by Gasteiger charge is -2.29. The molecule has 2 aliphatic rings. The number of carbonyl (C=O) groups excluding carboxylic acids is 3. The van der Waals surface area contributed by atoms with Crippen LogP contribution in [0.5, 0.6) is 5.75 Å². The molecule has 0 saturated carbocycles. The third-order valence-electron chi connectivity index (χ3n) is 4.76. The number of fused-ring (bicyclic) bond motifs is 1. The molecule has 0 atom stereocenters. The summed E-state index contributed by atoms with van der Waals surface area (Å²) in [5.74, 6) is -5.54. The summed E-state index contributed by atoms with van der Waals surface area (Å²) >= 11 is 0. The summed E-state index contributed by atoms with van der Waals surface area (Å²) in [4.78, 5) is 40.7. The van der Waals surface area contributed by atoms with Crippen LogP contribution in [-0.2, 0) is 11.2 Å². The van der Waals surface area contributed by atoms with Gasteiger partial charge in [0.25, 0.3) is 11.8 Å². The van der Waals surface area contributed by atoms with Crippen LogP contribution in [-0.4, -0.2) is 47.6 Å². The molecule has 0 bridgehead atoms. The maximum atomic E-state index is 14.4. The molecule has 0 spiro atoms. The Morgan fingerprint density at radius 1 is 1.03 bits per heavy atom. The van der Waals surface area contributed by atoms with Crippen LogP contribution in [0, 0.1) is 0 Å². The Morgan fingerprint density at radius 2 is 1.74 bits per heavy atom. The highest BCUT2D eigenvalue weighted by atomic mass is 16.5. The van der Waals surface area contributed by atoms with Crippen molar-refractivity contribution < 1.29 is 43.9 Å². The summed E-state index contributed by atoms with van der Waals surface area (Å²) in [6.45, 7) is -7.01. The fourth-order valence-electron chi connectivity index (χ4n) is 3.21. The lowest BCUT2D eigenvalue weighted by molar-refractivity contribution is -0.119. The van der Waals surface area contributed by atoms with E-state index in [0.717, 1.165) is 31.4 Å². The first kappa shape index (κ1) is 9.25. The molecular weight excluding hydrogens is 434 g/mol. The Hall–Kier alpha value is -4.14. The molecule has 3 amide bonds. The average molecular weight is 478 g/mol. The first-order valence-corrected chi connectivity index (χ1v) is 9.48. The molecule has 0 unspecified atom stereocenters. The van der Waals surface area contributed by atoms with Crippen LogP contribution in [0.3, 0.4) is 0 Å². The zero-order valence-corrected chi connectivity index (χ0v) is 17.2. The number of nitrogens with zero attached hydrogens (tertiary/aromatic N) is 4. The molecule has 0 radical (unpaired) electrons. The van der Waals surface area contributed by atoms with E-state index in [2.05, 4.69) is 5.10 Å². The van der Waals surface area contributed by atoms with Gasteiger partial charge in [-0.3, -0.25) is 14.4 Å². The highest BCUT2D eigenvalue weighted by Gasteiger charge is 2.34. The van der Waals surface area contributed by atoms with Gasteiger partial charge in [0.05, 0.1) is 21.0 Å². The van der Waals surface area contributed by atoms with E-state index in [1.54, 1.807) is 0 Å². The van der Waals surface area contributed by atoms with Crippen LogP contribution in [0.1, 0.15) is 67.6 Å². The van der Waals surface area contributed by atoms with Gasteiger partial charge in [-0.15, -0.1) is 0 Å². The van der Waals surface area contributed by atoms with Gasteiger partial charge in [-0.25, -0.2) is 4.68 Å². The Labute approximate surface area is 222 Å². The van der Waals surface area contributed by atoms with Crippen molar-refractivity contribution in [2.45, 2.75) is 25.5 Å². The SMILES string of the molecule is [2H]c1c([2H])c(-n2nc(C(=O)N([2H])[2H])c3c2C(=O)N(c2ccc(N4C(=O)C([2H])([2H])C([2H])([2H])C([2H])([2H])C4([2H])[2H])cc2)C([2H])([2H])C3([2H])[2H])c([2H])c([2H])c1OC. The van der Waals surface area contributed by atoms with Gasteiger partial charge in [0.1, 0.15) is 11.4 Å². The molecule has 1 fully saturated rings. The number of hydrogen-bond donors (Lipinski definition) is 1. The molecule has 9 nitrogen and oxygen atoms in total. The van der Waals surface area contributed by atoms with E-state index in [9.17, 15) is 14.4 Å². The summed E-state index contributed by atoms with van der Waals surface area (Å²) in [7, 11) is 1.05. The summed E-state index contributed by atoms with van der Waals surface area (Å²) in [5, 5.41) is 3.82. The molecule has 1 aromatic heterocycles. The fourth-order valence-corrected chi connectivity index (χ4v) is 3.21. The number of nitrogens with two attached hydrogens (primary N) is 1. The second-order valence-electron chi connectivity index (χ2n) is 6.69. The van der Waals surface area contributed by atoms with Crippen LogP contribution in [0.25, 0.3) is 5.69 Å². The molecule has 2 aromatic carbocycles. The van der Waals surface area contributed by atoms with Gasteiger partial charge in [0.2, 0.25) is 5.91 Å². The molecule has 3 heterocycles. The number of methoxy groups -OCH3 is 1. The fraction of sp³-hybridized carbons (Fsp3) is 0.280. The highest BCUT2D eigenvalue weighted by molar-refractivity contribution is 6.09. The summed E-state index contributed by atoms with van der Waals surface area (Å²) in [6.07, 6.45) is -14.4. The van der Waals surface area contributed by atoms with Crippen LogP contribution in [0.2, 0.25) is 2.82 Å². The lowest BCUT2D eigenvalue weighted by Crippen LogP contribution is -2.39. The van der Waals surface area contributed by atoms with E-state index in [4.69, 9.17) is 29.5 Å². The van der Waals surface area contributed by atoms with Gasteiger partial charge in [-0.05, 0) is 67.6 Å². The summed E-state index contributed by atoms with van der Waals surface area (Å²) < 4.78 is 154. The second-order valence-corrected chi connectivity index (χ2v) is 6.69. The topological polar surface area (TPSA) is 111 Å². The number of ether oxygens (including phenoxy) is 1. The van der Waals surface area contributed by atoms with E-state index in [1.807, 2.05) is 0 Å². The van der Waals surface area contributed by atoms with Gasteiger partial charge in [0.15, 0.2) is 8.52 Å². The van der Waals surface area contributed by atoms with E-state index < -0.39 is 126 Å². The van der Waals surface area contributed by atoms with E-state index in [1.165, 1.54) is 0 Å². The van der Waals surface area contributed by atoms with Crippen molar-refractivity contribution in [1.82, 2.24) is 9.78 Å². The maximum absolute atomic E-state index is 14.4. The largest absolute Gasteiger partial charge is 0.497 e. The molecule has 1 saturated heterocycles. The number of anilines is 2. The summed E-state index contributed by atoms with van der Waals surface area (Å²) in [5.41, 5.74) is -5.79. The van der Waals surface area contributed by atoms with E-state index in [-0.39, 0.29) is 9.80 Å².